The number of carbonyl (C=O) groups is 1. The monoisotopic (exact) mass is 185 g/mol. The molecule has 1 fully saturated rings. The molecule has 0 aromatic rings. The second-order valence-corrected chi connectivity index (χ2v) is 4.25. The number of amides is 1. The summed E-state index contributed by atoms with van der Waals surface area (Å²) in [6.45, 7) is 7.16. The Balaban J connectivity index is 2.45. The molecule has 1 aliphatic rings. The maximum atomic E-state index is 11.0. The number of rotatable bonds is 2. The smallest absolute Gasteiger partial charge is 0.219 e. The van der Waals surface area contributed by atoms with Crippen molar-refractivity contribution in [3.63, 3.8) is 0 Å². The first kappa shape index (κ1) is 10.5. The van der Waals surface area contributed by atoms with Crippen molar-refractivity contribution in [3.05, 3.63) is 0 Å². The van der Waals surface area contributed by atoms with E-state index in [0.29, 0.717) is 0 Å². The van der Waals surface area contributed by atoms with Crippen LogP contribution in [0.15, 0.2) is 0 Å². The van der Waals surface area contributed by atoms with Crippen LogP contribution in [0.3, 0.4) is 0 Å². The lowest BCUT2D eigenvalue weighted by atomic mass is 9.93. The third-order valence-corrected chi connectivity index (χ3v) is 2.84. The fourth-order valence-corrected chi connectivity index (χ4v) is 1.90. The maximum Gasteiger partial charge on any atom is 0.219 e. The highest BCUT2D eigenvalue weighted by Crippen LogP contribution is 2.23. The van der Waals surface area contributed by atoms with E-state index in [2.05, 4.69) is 0 Å². The van der Waals surface area contributed by atoms with Crippen molar-refractivity contribution in [2.75, 3.05) is 13.1 Å². The zero-order valence-electron chi connectivity index (χ0n) is 8.66. The molecule has 0 saturated carbocycles. The van der Waals surface area contributed by atoms with E-state index < -0.39 is 0 Å². The van der Waals surface area contributed by atoms with Crippen LogP contribution in [0.1, 0.15) is 27.2 Å². The zero-order chi connectivity index (χ0) is 10.0. The maximum absolute atomic E-state index is 11.0. The molecule has 1 rings (SSSR count). The average Bonchev–Trinajstić information content (AvgIpc) is 2.50. The summed E-state index contributed by atoms with van der Waals surface area (Å²) >= 11 is 0. The van der Waals surface area contributed by atoms with Gasteiger partial charge in [0.15, 0.2) is 0 Å². The zero-order valence-corrected chi connectivity index (χ0v) is 8.66. The number of hydrogen-bond donors (Lipinski definition) is 1. The molecule has 1 amide bonds. The summed E-state index contributed by atoms with van der Waals surface area (Å²) in [6, 6.07) is 0. The lowest BCUT2D eigenvalue weighted by molar-refractivity contribution is -0.128. The number of carbonyl (C=O) groups excluding carboxylic acids is 1. The minimum Gasteiger partial charge on any atom is -0.393 e. The van der Waals surface area contributed by atoms with E-state index >= 15 is 0 Å². The van der Waals surface area contributed by atoms with Gasteiger partial charge in [0, 0.05) is 25.9 Å². The fourth-order valence-electron chi connectivity index (χ4n) is 1.90. The van der Waals surface area contributed by atoms with Gasteiger partial charge in [-0.25, -0.2) is 0 Å². The van der Waals surface area contributed by atoms with Gasteiger partial charge >= 0.3 is 0 Å². The van der Waals surface area contributed by atoms with Crippen molar-refractivity contribution in [1.29, 1.82) is 0 Å². The number of aliphatic hydroxyl groups excluding tert-OH is 1. The Labute approximate surface area is 79.7 Å². The molecule has 76 valence electrons. The first-order valence-electron chi connectivity index (χ1n) is 4.96. The molecule has 0 aromatic carbocycles. The van der Waals surface area contributed by atoms with Crippen LogP contribution in [0.5, 0.6) is 0 Å². The third-order valence-electron chi connectivity index (χ3n) is 2.84. The number of hydrogen-bond acceptors (Lipinski definition) is 2. The molecule has 1 heterocycles. The van der Waals surface area contributed by atoms with Gasteiger partial charge in [-0.3, -0.25) is 4.79 Å². The molecule has 2 atom stereocenters. The number of nitrogens with zero attached hydrogens (tertiary/aromatic N) is 1. The van der Waals surface area contributed by atoms with Crippen molar-refractivity contribution in [2.45, 2.75) is 33.3 Å². The van der Waals surface area contributed by atoms with Gasteiger partial charge < -0.3 is 10.0 Å². The van der Waals surface area contributed by atoms with E-state index in [0.717, 1.165) is 19.5 Å². The Morgan fingerprint density at radius 3 is 2.54 bits per heavy atom. The van der Waals surface area contributed by atoms with Crippen molar-refractivity contribution < 1.29 is 9.90 Å². The molecular weight excluding hydrogens is 166 g/mol. The van der Waals surface area contributed by atoms with Crippen LogP contribution < -0.4 is 0 Å². The molecule has 1 N–H and O–H groups in total. The van der Waals surface area contributed by atoms with Crippen LogP contribution in [0.2, 0.25) is 0 Å². The molecule has 1 aliphatic heterocycles. The molecule has 0 radical (unpaired) electrons. The largest absolute Gasteiger partial charge is 0.393 e. The van der Waals surface area contributed by atoms with Crippen LogP contribution in [0.25, 0.3) is 0 Å². The first-order valence-corrected chi connectivity index (χ1v) is 4.96. The topological polar surface area (TPSA) is 40.5 Å². The summed E-state index contributed by atoms with van der Waals surface area (Å²) in [7, 11) is 0. The van der Waals surface area contributed by atoms with Crippen LogP contribution in [-0.4, -0.2) is 35.1 Å². The predicted octanol–water partition coefficient (Wildman–Crippen LogP) is 0.872. The Morgan fingerprint density at radius 1 is 1.54 bits per heavy atom. The lowest BCUT2D eigenvalue weighted by Crippen LogP contribution is -2.31. The van der Waals surface area contributed by atoms with Crippen LogP contribution in [0, 0.1) is 11.8 Å². The Kier molecular flexibility index (Phi) is 3.31. The molecular formula is C10H19NO2. The van der Waals surface area contributed by atoms with E-state index in [4.69, 9.17) is 0 Å². The van der Waals surface area contributed by atoms with Gasteiger partial charge in [0.05, 0.1) is 6.10 Å². The van der Waals surface area contributed by atoms with E-state index in [9.17, 15) is 9.90 Å². The molecule has 13 heavy (non-hydrogen) atoms. The van der Waals surface area contributed by atoms with Gasteiger partial charge in [0.1, 0.15) is 0 Å². The van der Waals surface area contributed by atoms with Crippen molar-refractivity contribution in [3.8, 4) is 0 Å². The molecule has 3 nitrogen and oxygen atoms in total. The molecule has 0 aromatic heterocycles. The van der Waals surface area contributed by atoms with E-state index in [1.165, 1.54) is 0 Å². The van der Waals surface area contributed by atoms with Crippen LogP contribution in [0.4, 0.5) is 0 Å². The first-order chi connectivity index (χ1) is 6.02. The average molecular weight is 185 g/mol. The lowest BCUT2D eigenvalue weighted by Gasteiger charge is -2.21. The Bertz CT molecular complexity index is 191. The standard InChI is InChI=1S/C10H19NO2/c1-7(2)10(13)9-4-5-11(6-9)8(3)12/h7,9-10,13H,4-6H2,1-3H3. The van der Waals surface area contributed by atoms with Gasteiger partial charge in [-0.05, 0) is 12.3 Å². The van der Waals surface area contributed by atoms with E-state index in [1.54, 1.807) is 6.92 Å². The van der Waals surface area contributed by atoms with Gasteiger partial charge in [0.25, 0.3) is 0 Å². The normalized spacial score (nSPS) is 25.3. The Morgan fingerprint density at radius 2 is 2.15 bits per heavy atom. The van der Waals surface area contributed by atoms with Crippen molar-refractivity contribution >= 4 is 5.91 Å². The van der Waals surface area contributed by atoms with Crippen LogP contribution in [-0.2, 0) is 4.79 Å². The minimum atomic E-state index is -0.260. The second-order valence-electron chi connectivity index (χ2n) is 4.25. The van der Waals surface area contributed by atoms with Crippen molar-refractivity contribution in [1.82, 2.24) is 4.90 Å². The highest BCUT2D eigenvalue weighted by molar-refractivity contribution is 5.73. The summed E-state index contributed by atoms with van der Waals surface area (Å²) in [5.41, 5.74) is 0. The van der Waals surface area contributed by atoms with E-state index in [-0.39, 0.29) is 23.8 Å². The van der Waals surface area contributed by atoms with Crippen LogP contribution >= 0.6 is 0 Å². The van der Waals surface area contributed by atoms with Gasteiger partial charge in [0.2, 0.25) is 5.91 Å². The summed E-state index contributed by atoms with van der Waals surface area (Å²) in [5.74, 6) is 0.694. The Hall–Kier alpha value is -0.570. The molecule has 1 saturated heterocycles. The SMILES string of the molecule is CC(=O)N1CCC(C(O)C(C)C)C1. The molecule has 2 unspecified atom stereocenters. The number of aliphatic hydroxyl groups is 1. The molecule has 3 heteroatoms. The third kappa shape index (κ3) is 2.44. The van der Waals surface area contributed by atoms with Gasteiger partial charge in [-0.15, -0.1) is 0 Å². The summed E-state index contributed by atoms with van der Waals surface area (Å²) in [6.07, 6.45) is 0.684. The summed E-state index contributed by atoms with van der Waals surface area (Å²) in [4.78, 5) is 12.8. The molecule has 0 bridgehead atoms. The summed E-state index contributed by atoms with van der Waals surface area (Å²) in [5, 5.41) is 9.79. The molecule has 0 aliphatic carbocycles. The van der Waals surface area contributed by atoms with Gasteiger partial charge in [-0.1, -0.05) is 13.8 Å². The van der Waals surface area contributed by atoms with Crippen molar-refractivity contribution in [2.24, 2.45) is 11.8 Å². The highest BCUT2D eigenvalue weighted by atomic mass is 16.3. The van der Waals surface area contributed by atoms with Gasteiger partial charge in [-0.2, -0.15) is 0 Å². The fraction of sp³-hybridized carbons (Fsp3) is 0.900. The molecule has 0 spiro atoms. The summed E-state index contributed by atoms with van der Waals surface area (Å²) < 4.78 is 0. The number of likely N-dealkylation sites (tertiary alicyclic amines) is 1. The second kappa shape index (κ2) is 4.09. The predicted molar refractivity (Wildman–Crippen MR) is 51.2 cm³/mol. The minimum absolute atomic E-state index is 0.124. The highest BCUT2D eigenvalue weighted by Gasteiger charge is 2.30. The van der Waals surface area contributed by atoms with E-state index in [1.807, 2.05) is 18.7 Å². The quantitative estimate of drug-likeness (QED) is 0.693.